The smallest absolute Gasteiger partial charge is 0.01000 e. The van der Waals surface area contributed by atoms with Crippen LogP contribution in [0.25, 0.3) is 0 Å². The predicted octanol–water partition coefficient (Wildman–Crippen LogP) is 3.92. The van der Waals surface area contributed by atoms with E-state index in [4.69, 9.17) is 0 Å². The first-order valence-corrected chi connectivity index (χ1v) is 8.13. The first-order chi connectivity index (χ1) is 7.73. The number of hydrogen-bond donors (Lipinski definition) is 0. The van der Waals surface area contributed by atoms with Crippen LogP contribution < -0.4 is 0 Å². The molecule has 0 amide bonds. The molecule has 1 nitrogen and oxygen atoms in total. The van der Waals surface area contributed by atoms with Crippen LogP contribution in [-0.4, -0.2) is 29.9 Å². The molecule has 1 aliphatic heterocycles. The van der Waals surface area contributed by atoms with Crippen molar-refractivity contribution in [3.05, 3.63) is 0 Å². The van der Waals surface area contributed by atoms with Gasteiger partial charge in [0, 0.05) is 25.0 Å². The van der Waals surface area contributed by atoms with Gasteiger partial charge in [-0.25, -0.2) is 0 Å². The Labute approximate surface area is 109 Å². The minimum atomic E-state index is 0.526. The van der Waals surface area contributed by atoms with E-state index in [9.17, 15) is 0 Å². The van der Waals surface area contributed by atoms with Crippen molar-refractivity contribution in [2.75, 3.05) is 25.0 Å². The van der Waals surface area contributed by atoms with Crippen molar-refractivity contribution >= 4 is 15.9 Å². The summed E-state index contributed by atoms with van der Waals surface area (Å²) < 4.78 is 0. The molecule has 1 heterocycles. The molecule has 0 aromatic carbocycles. The third-order valence-corrected chi connectivity index (χ3v) is 6.33. The highest BCUT2D eigenvalue weighted by Crippen LogP contribution is 2.40. The lowest BCUT2D eigenvalue weighted by atomic mass is 9.84. The van der Waals surface area contributed by atoms with Gasteiger partial charge in [-0.05, 0) is 42.9 Å². The van der Waals surface area contributed by atoms with Gasteiger partial charge in [0.1, 0.15) is 0 Å². The zero-order valence-corrected chi connectivity index (χ0v) is 12.4. The molecule has 0 spiro atoms. The van der Waals surface area contributed by atoms with Crippen molar-refractivity contribution in [3.8, 4) is 0 Å². The number of fused-ring (bicyclic) bond motifs is 1. The molecule has 16 heavy (non-hydrogen) atoms. The SMILES string of the molecule is CCC(CC)(CBr)CN1CC2CCCC2C1. The van der Waals surface area contributed by atoms with Gasteiger partial charge < -0.3 is 4.90 Å². The average molecular weight is 288 g/mol. The summed E-state index contributed by atoms with van der Waals surface area (Å²) in [5.41, 5.74) is 0.526. The molecule has 94 valence electrons. The molecule has 1 saturated heterocycles. The van der Waals surface area contributed by atoms with Crippen LogP contribution in [0.2, 0.25) is 0 Å². The second kappa shape index (κ2) is 5.39. The predicted molar refractivity (Wildman–Crippen MR) is 74.1 cm³/mol. The summed E-state index contributed by atoms with van der Waals surface area (Å²) in [5, 5.41) is 1.17. The van der Waals surface area contributed by atoms with Gasteiger partial charge >= 0.3 is 0 Å². The number of hydrogen-bond acceptors (Lipinski definition) is 1. The molecule has 2 aliphatic rings. The molecule has 1 aliphatic carbocycles. The summed E-state index contributed by atoms with van der Waals surface area (Å²) in [6.07, 6.45) is 7.11. The van der Waals surface area contributed by atoms with E-state index >= 15 is 0 Å². The number of halogens is 1. The van der Waals surface area contributed by atoms with E-state index in [-0.39, 0.29) is 0 Å². The molecule has 2 rings (SSSR count). The maximum Gasteiger partial charge on any atom is 0.01000 e. The summed E-state index contributed by atoms with van der Waals surface area (Å²) in [7, 11) is 0. The first kappa shape index (κ1) is 12.9. The maximum atomic E-state index is 3.74. The standard InChI is InChI=1S/C14H26BrN/c1-3-14(4-2,10-15)11-16-8-12-6-5-7-13(12)9-16/h12-13H,3-11H2,1-2H3. The molecule has 2 heteroatoms. The normalized spacial score (nSPS) is 30.9. The lowest BCUT2D eigenvalue weighted by molar-refractivity contribution is 0.175. The van der Waals surface area contributed by atoms with Crippen LogP contribution >= 0.6 is 15.9 Å². The Balaban J connectivity index is 1.90. The van der Waals surface area contributed by atoms with E-state index in [0.717, 1.165) is 11.8 Å². The Morgan fingerprint density at radius 3 is 2.12 bits per heavy atom. The fraction of sp³-hybridized carbons (Fsp3) is 1.00. The number of alkyl halides is 1. The lowest BCUT2D eigenvalue weighted by Crippen LogP contribution is -2.37. The van der Waals surface area contributed by atoms with Crippen molar-refractivity contribution in [3.63, 3.8) is 0 Å². The van der Waals surface area contributed by atoms with Crippen LogP contribution in [0.5, 0.6) is 0 Å². The topological polar surface area (TPSA) is 3.24 Å². The van der Waals surface area contributed by atoms with Crippen molar-refractivity contribution < 1.29 is 0 Å². The van der Waals surface area contributed by atoms with Crippen molar-refractivity contribution in [1.82, 2.24) is 4.90 Å². The highest BCUT2D eigenvalue weighted by Gasteiger charge is 2.38. The van der Waals surface area contributed by atoms with E-state index in [1.54, 1.807) is 0 Å². The Morgan fingerprint density at radius 1 is 1.12 bits per heavy atom. The Hall–Kier alpha value is 0.440. The zero-order valence-electron chi connectivity index (χ0n) is 10.8. The number of rotatable bonds is 5. The minimum absolute atomic E-state index is 0.526. The van der Waals surface area contributed by atoms with Crippen LogP contribution in [0.3, 0.4) is 0 Å². The van der Waals surface area contributed by atoms with Gasteiger partial charge in [0.2, 0.25) is 0 Å². The summed E-state index contributed by atoms with van der Waals surface area (Å²) in [4.78, 5) is 2.75. The zero-order chi connectivity index (χ0) is 11.6. The van der Waals surface area contributed by atoms with Crippen LogP contribution in [0, 0.1) is 17.3 Å². The molecular weight excluding hydrogens is 262 g/mol. The summed E-state index contributed by atoms with van der Waals surface area (Å²) in [5.74, 6) is 2.09. The molecule has 2 unspecified atom stereocenters. The maximum absolute atomic E-state index is 3.74. The van der Waals surface area contributed by atoms with Gasteiger partial charge in [-0.1, -0.05) is 36.2 Å². The summed E-state index contributed by atoms with van der Waals surface area (Å²) >= 11 is 3.74. The third-order valence-electron chi connectivity index (χ3n) is 5.14. The van der Waals surface area contributed by atoms with Crippen LogP contribution in [0.1, 0.15) is 46.0 Å². The fourth-order valence-corrected chi connectivity index (χ4v) is 4.61. The molecular formula is C14H26BrN. The largest absolute Gasteiger partial charge is 0.302 e. The summed E-state index contributed by atoms with van der Waals surface area (Å²) in [6, 6.07) is 0. The molecule has 0 aromatic heterocycles. The summed E-state index contributed by atoms with van der Waals surface area (Å²) in [6.45, 7) is 8.79. The first-order valence-electron chi connectivity index (χ1n) is 7.01. The minimum Gasteiger partial charge on any atom is -0.302 e. The molecule has 0 bridgehead atoms. The molecule has 2 fully saturated rings. The Bertz CT molecular complexity index is 205. The second-order valence-corrected chi connectivity index (χ2v) is 6.55. The molecule has 0 aromatic rings. The van der Waals surface area contributed by atoms with E-state index in [0.29, 0.717) is 5.41 Å². The van der Waals surface area contributed by atoms with Gasteiger partial charge in [-0.3, -0.25) is 0 Å². The van der Waals surface area contributed by atoms with Crippen LogP contribution in [0.4, 0.5) is 0 Å². The fourth-order valence-electron chi connectivity index (χ4n) is 3.64. The van der Waals surface area contributed by atoms with Gasteiger partial charge in [0.15, 0.2) is 0 Å². The van der Waals surface area contributed by atoms with E-state index < -0.39 is 0 Å². The van der Waals surface area contributed by atoms with E-state index in [2.05, 4.69) is 34.7 Å². The third kappa shape index (κ3) is 2.48. The van der Waals surface area contributed by atoms with E-state index in [1.165, 1.54) is 57.1 Å². The van der Waals surface area contributed by atoms with Crippen LogP contribution in [0.15, 0.2) is 0 Å². The quantitative estimate of drug-likeness (QED) is 0.693. The highest BCUT2D eigenvalue weighted by atomic mass is 79.9. The second-order valence-electron chi connectivity index (χ2n) is 5.99. The van der Waals surface area contributed by atoms with Gasteiger partial charge in [0.25, 0.3) is 0 Å². The average Bonchev–Trinajstić information content (AvgIpc) is 2.86. The number of likely N-dealkylation sites (tertiary alicyclic amines) is 1. The number of nitrogens with zero attached hydrogens (tertiary/aromatic N) is 1. The van der Waals surface area contributed by atoms with E-state index in [1.807, 2.05) is 0 Å². The lowest BCUT2D eigenvalue weighted by Gasteiger charge is -2.34. The molecule has 1 saturated carbocycles. The van der Waals surface area contributed by atoms with Gasteiger partial charge in [-0.15, -0.1) is 0 Å². The van der Waals surface area contributed by atoms with Gasteiger partial charge in [0.05, 0.1) is 0 Å². The highest BCUT2D eigenvalue weighted by molar-refractivity contribution is 9.09. The van der Waals surface area contributed by atoms with Gasteiger partial charge in [-0.2, -0.15) is 0 Å². The molecule has 2 atom stereocenters. The van der Waals surface area contributed by atoms with Crippen molar-refractivity contribution in [2.45, 2.75) is 46.0 Å². The Morgan fingerprint density at radius 2 is 1.69 bits per heavy atom. The molecule has 0 N–H and O–H groups in total. The van der Waals surface area contributed by atoms with Crippen molar-refractivity contribution in [2.24, 2.45) is 17.3 Å². The van der Waals surface area contributed by atoms with Crippen molar-refractivity contribution in [1.29, 1.82) is 0 Å². The molecule has 0 radical (unpaired) electrons. The Kier molecular flexibility index (Phi) is 4.34. The van der Waals surface area contributed by atoms with Crippen LogP contribution in [-0.2, 0) is 0 Å². The monoisotopic (exact) mass is 287 g/mol.